The lowest BCUT2D eigenvalue weighted by molar-refractivity contribution is 0.277. The minimum Gasteiger partial charge on any atom is -0.399 e. The number of benzene rings is 1. The summed E-state index contributed by atoms with van der Waals surface area (Å²) in [6.45, 7) is 3.38. The number of hydrogen-bond donors (Lipinski definition) is 1. The van der Waals surface area contributed by atoms with Crippen molar-refractivity contribution < 1.29 is 0 Å². The molecule has 0 bridgehead atoms. The Bertz CT molecular complexity index is 324. The van der Waals surface area contributed by atoms with Gasteiger partial charge in [-0.1, -0.05) is 24.4 Å². The monoisotopic (exact) mass is 238 g/mol. The smallest absolute Gasteiger partial charge is 0.0429 e. The largest absolute Gasteiger partial charge is 0.399 e. The molecule has 0 aromatic heterocycles. The quantitative estimate of drug-likeness (QED) is 0.802. The minimum atomic E-state index is 0.741. The summed E-state index contributed by atoms with van der Waals surface area (Å²) in [5.74, 6) is 0. The molecule has 0 unspecified atom stereocenters. The zero-order valence-electron chi connectivity index (χ0n) is 9.58. The lowest BCUT2D eigenvalue weighted by atomic mass is 10.2. The Morgan fingerprint density at radius 2 is 1.75 bits per heavy atom. The van der Waals surface area contributed by atoms with Crippen molar-refractivity contribution in [1.82, 2.24) is 4.90 Å². The molecule has 0 radical (unpaired) electrons. The second-order valence-corrected chi connectivity index (χ2v) is 5.02. The third-order valence-corrected chi connectivity index (χ3v) is 3.30. The number of anilines is 1. The highest BCUT2D eigenvalue weighted by Crippen LogP contribution is 2.19. The highest BCUT2D eigenvalue weighted by atomic mass is 35.5. The SMILES string of the molecule is Nc1cc(Cl)cc(CN2CCCCCC2)c1. The van der Waals surface area contributed by atoms with Crippen LogP contribution in [0.3, 0.4) is 0 Å². The van der Waals surface area contributed by atoms with Crippen LogP contribution in [0.5, 0.6) is 0 Å². The van der Waals surface area contributed by atoms with E-state index in [0.717, 1.165) is 17.3 Å². The van der Waals surface area contributed by atoms with Crippen molar-refractivity contribution in [2.75, 3.05) is 18.8 Å². The summed E-state index contributed by atoms with van der Waals surface area (Å²) in [4.78, 5) is 2.50. The van der Waals surface area contributed by atoms with Gasteiger partial charge in [-0.2, -0.15) is 0 Å². The van der Waals surface area contributed by atoms with Gasteiger partial charge in [0, 0.05) is 17.3 Å². The van der Waals surface area contributed by atoms with Gasteiger partial charge in [-0.3, -0.25) is 4.90 Å². The average Bonchev–Trinajstić information content (AvgIpc) is 2.44. The Hall–Kier alpha value is -0.730. The van der Waals surface area contributed by atoms with Crippen LogP contribution < -0.4 is 5.73 Å². The van der Waals surface area contributed by atoms with E-state index in [1.807, 2.05) is 12.1 Å². The van der Waals surface area contributed by atoms with Crippen molar-refractivity contribution in [3.05, 3.63) is 28.8 Å². The molecule has 1 aromatic rings. The molecule has 3 heteroatoms. The van der Waals surface area contributed by atoms with Crippen LogP contribution in [0.1, 0.15) is 31.2 Å². The van der Waals surface area contributed by atoms with Crippen LogP contribution in [0.25, 0.3) is 0 Å². The Kier molecular flexibility index (Phi) is 4.08. The van der Waals surface area contributed by atoms with E-state index < -0.39 is 0 Å². The highest BCUT2D eigenvalue weighted by Gasteiger charge is 2.09. The van der Waals surface area contributed by atoms with Gasteiger partial charge in [0.2, 0.25) is 0 Å². The number of nitrogens with zero attached hydrogens (tertiary/aromatic N) is 1. The number of likely N-dealkylation sites (tertiary alicyclic amines) is 1. The maximum Gasteiger partial charge on any atom is 0.0429 e. The maximum atomic E-state index is 6.00. The molecular weight excluding hydrogens is 220 g/mol. The fourth-order valence-corrected chi connectivity index (χ4v) is 2.59. The molecular formula is C13H19ClN2. The van der Waals surface area contributed by atoms with Crippen molar-refractivity contribution in [2.45, 2.75) is 32.2 Å². The molecule has 1 aliphatic heterocycles. The number of halogens is 1. The molecule has 1 saturated heterocycles. The molecule has 0 aliphatic carbocycles. The Morgan fingerprint density at radius 1 is 1.06 bits per heavy atom. The topological polar surface area (TPSA) is 29.3 Å². The van der Waals surface area contributed by atoms with Gasteiger partial charge in [0.1, 0.15) is 0 Å². The van der Waals surface area contributed by atoms with Gasteiger partial charge in [-0.25, -0.2) is 0 Å². The van der Waals surface area contributed by atoms with E-state index in [0.29, 0.717) is 0 Å². The van der Waals surface area contributed by atoms with Crippen molar-refractivity contribution >= 4 is 17.3 Å². The minimum absolute atomic E-state index is 0.741. The Balaban J connectivity index is 2.01. The number of nitrogens with two attached hydrogens (primary N) is 1. The summed E-state index contributed by atoms with van der Waals surface area (Å²) < 4.78 is 0. The van der Waals surface area contributed by atoms with Gasteiger partial charge >= 0.3 is 0 Å². The molecule has 2 N–H and O–H groups in total. The Labute approximate surface area is 102 Å². The number of nitrogen functional groups attached to an aromatic ring is 1. The molecule has 0 atom stereocenters. The van der Waals surface area contributed by atoms with Crippen molar-refractivity contribution in [1.29, 1.82) is 0 Å². The second-order valence-electron chi connectivity index (χ2n) is 4.58. The summed E-state index contributed by atoms with van der Waals surface area (Å²) in [5.41, 5.74) is 7.78. The van der Waals surface area contributed by atoms with E-state index in [1.165, 1.54) is 44.3 Å². The first-order valence-electron chi connectivity index (χ1n) is 6.01. The third kappa shape index (κ3) is 3.39. The molecule has 2 rings (SSSR count). The molecule has 1 aromatic carbocycles. The summed E-state index contributed by atoms with van der Waals surface area (Å²) in [6.07, 6.45) is 5.37. The van der Waals surface area contributed by atoms with Crippen LogP contribution in [0.4, 0.5) is 5.69 Å². The molecule has 0 saturated carbocycles. The van der Waals surface area contributed by atoms with Gasteiger partial charge in [-0.05, 0) is 49.7 Å². The van der Waals surface area contributed by atoms with Crippen LogP contribution in [0.2, 0.25) is 5.02 Å². The van der Waals surface area contributed by atoms with Crippen LogP contribution in [0, 0.1) is 0 Å². The fraction of sp³-hybridized carbons (Fsp3) is 0.538. The summed E-state index contributed by atoms with van der Waals surface area (Å²) in [5, 5.41) is 0.741. The maximum absolute atomic E-state index is 6.00. The summed E-state index contributed by atoms with van der Waals surface area (Å²) >= 11 is 6.00. The van der Waals surface area contributed by atoms with Crippen LogP contribution in [0.15, 0.2) is 18.2 Å². The molecule has 1 aliphatic rings. The van der Waals surface area contributed by atoms with Crippen molar-refractivity contribution in [3.8, 4) is 0 Å². The van der Waals surface area contributed by atoms with Gasteiger partial charge in [0.05, 0.1) is 0 Å². The first-order valence-corrected chi connectivity index (χ1v) is 6.39. The standard InChI is InChI=1S/C13H19ClN2/c14-12-7-11(8-13(15)9-12)10-16-5-3-1-2-4-6-16/h7-9H,1-6,10,15H2. The van der Waals surface area contributed by atoms with E-state index in [4.69, 9.17) is 17.3 Å². The number of rotatable bonds is 2. The molecule has 2 nitrogen and oxygen atoms in total. The van der Waals surface area contributed by atoms with E-state index in [2.05, 4.69) is 4.90 Å². The van der Waals surface area contributed by atoms with E-state index >= 15 is 0 Å². The van der Waals surface area contributed by atoms with E-state index in [9.17, 15) is 0 Å². The predicted octanol–water partition coefficient (Wildman–Crippen LogP) is 3.30. The summed E-state index contributed by atoms with van der Waals surface area (Å²) in [7, 11) is 0. The predicted molar refractivity (Wildman–Crippen MR) is 69.6 cm³/mol. The fourth-order valence-electron chi connectivity index (χ4n) is 2.32. The highest BCUT2D eigenvalue weighted by molar-refractivity contribution is 6.30. The Morgan fingerprint density at radius 3 is 2.38 bits per heavy atom. The van der Waals surface area contributed by atoms with Crippen molar-refractivity contribution in [3.63, 3.8) is 0 Å². The van der Waals surface area contributed by atoms with E-state index in [1.54, 1.807) is 6.07 Å². The first kappa shape index (κ1) is 11.7. The average molecular weight is 239 g/mol. The van der Waals surface area contributed by atoms with Crippen LogP contribution in [-0.4, -0.2) is 18.0 Å². The summed E-state index contributed by atoms with van der Waals surface area (Å²) in [6, 6.07) is 5.84. The van der Waals surface area contributed by atoms with Gasteiger partial charge in [0.15, 0.2) is 0 Å². The molecule has 16 heavy (non-hydrogen) atoms. The lowest BCUT2D eigenvalue weighted by Gasteiger charge is -2.20. The third-order valence-electron chi connectivity index (χ3n) is 3.08. The molecule has 1 heterocycles. The van der Waals surface area contributed by atoms with E-state index in [-0.39, 0.29) is 0 Å². The normalized spacial score (nSPS) is 18.3. The zero-order valence-corrected chi connectivity index (χ0v) is 10.3. The van der Waals surface area contributed by atoms with Crippen LogP contribution >= 0.6 is 11.6 Å². The molecule has 0 amide bonds. The molecule has 1 fully saturated rings. The van der Waals surface area contributed by atoms with Crippen molar-refractivity contribution in [2.24, 2.45) is 0 Å². The van der Waals surface area contributed by atoms with Gasteiger partial charge in [0.25, 0.3) is 0 Å². The molecule has 88 valence electrons. The number of hydrogen-bond acceptors (Lipinski definition) is 2. The molecule has 0 spiro atoms. The van der Waals surface area contributed by atoms with Gasteiger partial charge < -0.3 is 5.73 Å². The second kappa shape index (κ2) is 5.55. The van der Waals surface area contributed by atoms with Gasteiger partial charge in [-0.15, -0.1) is 0 Å². The van der Waals surface area contributed by atoms with Crippen LogP contribution in [-0.2, 0) is 6.54 Å². The zero-order chi connectivity index (χ0) is 11.4. The first-order chi connectivity index (χ1) is 7.74. The lowest BCUT2D eigenvalue weighted by Crippen LogP contribution is -2.23.